The highest BCUT2D eigenvalue weighted by molar-refractivity contribution is 6.31. The fraction of sp³-hybridized carbons (Fsp3) is 0.630. The van der Waals surface area contributed by atoms with E-state index < -0.39 is 16.9 Å². The third-order valence-corrected chi connectivity index (χ3v) is 9.03. The lowest BCUT2D eigenvalue weighted by Gasteiger charge is -2.71. The number of fused-ring (bicyclic) bond motifs is 1. The number of carboxylic acid groups (broad SMARTS) is 1. The zero-order valence-corrected chi connectivity index (χ0v) is 20.9. The Kier molecular flexibility index (Phi) is 5.00. The fourth-order valence-electron chi connectivity index (χ4n) is 6.68. The average Bonchev–Trinajstić information content (AvgIpc) is 2.65. The fourth-order valence-corrected chi connectivity index (χ4v) is 6.96. The van der Waals surface area contributed by atoms with Crippen molar-refractivity contribution < 1.29 is 14.7 Å². The van der Waals surface area contributed by atoms with Crippen molar-refractivity contribution >= 4 is 23.6 Å². The molecule has 4 aliphatic carbocycles. The van der Waals surface area contributed by atoms with Gasteiger partial charge in [0.1, 0.15) is 0 Å². The number of halogens is 1. The lowest BCUT2D eigenvalue weighted by molar-refractivity contribution is -0.215. The quantitative estimate of drug-likeness (QED) is 0.534. The van der Waals surface area contributed by atoms with Gasteiger partial charge in [-0.1, -0.05) is 51.4 Å². The number of nitrogens with zero attached hydrogens (tertiary/aromatic N) is 1. The highest BCUT2D eigenvalue weighted by atomic mass is 35.5. The third kappa shape index (κ3) is 3.41. The molecule has 0 radical (unpaired) electrons. The van der Waals surface area contributed by atoms with Gasteiger partial charge in [0.25, 0.3) is 0 Å². The molecule has 5 aliphatic rings. The summed E-state index contributed by atoms with van der Waals surface area (Å²) in [5.41, 5.74) is 2.20. The Balaban J connectivity index is 1.46. The average molecular weight is 471 g/mol. The second-order valence-electron chi connectivity index (χ2n) is 12.3. The summed E-state index contributed by atoms with van der Waals surface area (Å²) in [6.07, 6.45) is 8.71. The van der Waals surface area contributed by atoms with Gasteiger partial charge in [0.15, 0.2) is 0 Å². The van der Waals surface area contributed by atoms with Crippen LogP contribution >= 0.6 is 11.6 Å². The molecule has 0 saturated heterocycles. The molecule has 4 fully saturated rings. The van der Waals surface area contributed by atoms with E-state index in [1.54, 1.807) is 0 Å². The SMILES string of the molecule is CC1CCCC2(c3ccc(CCC(C)(C)C)c(Cl)c3)NC(=O)N(C34CC(C(=O)O)(C3)C4)C=C12. The van der Waals surface area contributed by atoms with Crippen LogP contribution in [0.5, 0.6) is 0 Å². The number of aliphatic carboxylic acids is 1. The van der Waals surface area contributed by atoms with Crippen LogP contribution in [-0.4, -0.2) is 27.5 Å². The Hall–Kier alpha value is -2.01. The summed E-state index contributed by atoms with van der Waals surface area (Å²) in [6.45, 7) is 8.95. The minimum Gasteiger partial charge on any atom is -0.481 e. The summed E-state index contributed by atoms with van der Waals surface area (Å²) < 4.78 is 0. The summed E-state index contributed by atoms with van der Waals surface area (Å²) in [6, 6.07) is 6.22. The topological polar surface area (TPSA) is 69.6 Å². The van der Waals surface area contributed by atoms with E-state index in [0.29, 0.717) is 25.2 Å². The van der Waals surface area contributed by atoms with Crippen LogP contribution in [0.15, 0.2) is 30.0 Å². The molecule has 0 spiro atoms. The van der Waals surface area contributed by atoms with E-state index in [1.165, 1.54) is 5.57 Å². The van der Waals surface area contributed by atoms with Gasteiger partial charge in [-0.25, -0.2) is 4.79 Å². The van der Waals surface area contributed by atoms with Crippen LogP contribution in [0.3, 0.4) is 0 Å². The van der Waals surface area contributed by atoms with Crippen molar-refractivity contribution in [3.8, 4) is 0 Å². The van der Waals surface area contributed by atoms with Gasteiger partial charge < -0.3 is 10.4 Å². The number of amides is 2. The summed E-state index contributed by atoms with van der Waals surface area (Å²) in [5, 5.41) is 13.7. The van der Waals surface area contributed by atoms with Crippen LogP contribution in [0.4, 0.5) is 4.79 Å². The van der Waals surface area contributed by atoms with Crippen LogP contribution in [0.2, 0.25) is 5.02 Å². The van der Waals surface area contributed by atoms with E-state index in [-0.39, 0.29) is 17.0 Å². The van der Waals surface area contributed by atoms with E-state index >= 15 is 0 Å². The maximum absolute atomic E-state index is 13.4. The number of nitrogens with one attached hydrogen (secondary N) is 1. The first kappa shape index (κ1) is 22.8. The molecule has 6 rings (SSSR count). The molecule has 6 heteroatoms. The molecule has 1 aliphatic heterocycles. The van der Waals surface area contributed by atoms with Gasteiger partial charge in [0.05, 0.1) is 16.5 Å². The predicted octanol–water partition coefficient (Wildman–Crippen LogP) is 6.25. The van der Waals surface area contributed by atoms with E-state index in [0.717, 1.165) is 48.3 Å². The van der Waals surface area contributed by atoms with Crippen molar-refractivity contribution in [2.45, 2.75) is 90.1 Å². The molecule has 1 aromatic carbocycles. The number of benzene rings is 1. The minimum atomic E-state index is -0.726. The molecule has 2 unspecified atom stereocenters. The largest absolute Gasteiger partial charge is 0.481 e. The zero-order valence-electron chi connectivity index (χ0n) is 20.1. The Labute approximate surface area is 201 Å². The van der Waals surface area contributed by atoms with Crippen molar-refractivity contribution in [1.29, 1.82) is 0 Å². The van der Waals surface area contributed by atoms with Gasteiger partial charge in [-0.3, -0.25) is 9.69 Å². The number of hydrogen-bond acceptors (Lipinski definition) is 2. The number of carboxylic acids is 1. The van der Waals surface area contributed by atoms with Crippen LogP contribution < -0.4 is 5.32 Å². The Bertz CT molecular complexity index is 1040. The van der Waals surface area contributed by atoms with Crippen LogP contribution in [0.25, 0.3) is 0 Å². The van der Waals surface area contributed by atoms with Crippen LogP contribution in [0.1, 0.15) is 83.8 Å². The lowest BCUT2D eigenvalue weighted by atomic mass is 9.38. The second-order valence-corrected chi connectivity index (χ2v) is 12.7. The predicted molar refractivity (Wildman–Crippen MR) is 129 cm³/mol. The van der Waals surface area contributed by atoms with E-state index in [1.807, 2.05) is 4.90 Å². The van der Waals surface area contributed by atoms with Gasteiger partial charge in [0, 0.05) is 11.2 Å². The molecule has 2 N–H and O–H groups in total. The summed E-state index contributed by atoms with van der Waals surface area (Å²) in [5.74, 6) is -0.391. The van der Waals surface area contributed by atoms with Gasteiger partial charge in [-0.05, 0) is 85.5 Å². The van der Waals surface area contributed by atoms with Crippen molar-refractivity contribution in [3.05, 3.63) is 46.1 Å². The number of urea groups is 1. The monoisotopic (exact) mass is 470 g/mol. The molecule has 1 heterocycles. The van der Waals surface area contributed by atoms with E-state index in [4.69, 9.17) is 11.6 Å². The van der Waals surface area contributed by atoms with Crippen LogP contribution in [0, 0.1) is 16.7 Å². The normalized spacial score (nSPS) is 35.1. The minimum absolute atomic E-state index is 0.112. The van der Waals surface area contributed by atoms with Gasteiger partial charge in [-0.2, -0.15) is 0 Å². The lowest BCUT2D eigenvalue weighted by Crippen LogP contribution is -2.78. The standard InChI is InChI=1S/C27H35ClN2O3/c1-17-6-5-10-27(19-8-7-18(21(28)12-19)9-11-24(2,3)4)20(17)13-30(23(33)29-27)26-14-25(15-26,16-26)22(31)32/h7-8,12-13,17H,5-6,9-11,14-16H2,1-4H3,(H,29,33)(H,31,32). The maximum atomic E-state index is 13.4. The summed E-state index contributed by atoms with van der Waals surface area (Å²) in [4.78, 5) is 26.8. The van der Waals surface area contributed by atoms with Crippen molar-refractivity contribution in [2.24, 2.45) is 16.7 Å². The van der Waals surface area contributed by atoms with Gasteiger partial charge in [-0.15, -0.1) is 0 Å². The Morgan fingerprint density at radius 3 is 2.58 bits per heavy atom. The molecule has 1 aromatic rings. The van der Waals surface area contributed by atoms with E-state index in [9.17, 15) is 14.7 Å². The molecule has 178 valence electrons. The van der Waals surface area contributed by atoms with E-state index in [2.05, 4.69) is 57.4 Å². The Morgan fingerprint density at radius 2 is 1.97 bits per heavy atom. The Morgan fingerprint density at radius 1 is 1.27 bits per heavy atom. The second kappa shape index (κ2) is 7.24. The number of carbonyl (C=O) groups is 2. The molecule has 2 bridgehead atoms. The molecular formula is C27H35ClN2O3. The van der Waals surface area contributed by atoms with Crippen molar-refractivity contribution in [1.82, 2.24) is 10.2 Å². The third-order valence-electron chi connectivity index (χ3n) is 8.68. The van der Waals surface area contributed by atoms with Gasteiger partial charge in [0.2, 0.25) is 0 Å². The first-order chi connectivity index (χ1) is 15.4. The summed E-state index contributed by atoms with van der Waals surface area (Å²) >= 11 is 6.76. The molecular weight excluding hydrogens is 436 g/mol. The molecule has 5 nitrogen and oxygen atoms in total. The first-order valence-electron chi connectivity index (χ1n) is 12.3. The molecule has 2 amide bonds. The van der Waals surface area contributed by atoms with Crippen molar-refractivity contribution in [3.63, 3.8) is 0 Å². The smallest absolute Gasteiger partial charge is 0.322 e. The number of rotatable bonds is 5. The van der Waals surface area contributed by atoms with Crippen LogP contribution in [-0.2, 0) is 16.8 Å². The molecule has 2 atom stereocenters. The zero-order chi connectivity index (χ0) is 23.8. The number of hydrogen-bond donors (Lipinski definition) is 2. The molecule has 4 saturated carbocycles. The molecule has 33 heavy (non-hydrogen) atoms. The first-order valence-corrected chi connectivity index (χ1v) is 12.6. The highest BCUT2D eigenvalue weighted by Crippen LogP contribution is 2.70. The van der Waals surface area contributed by atoms with Crippen molar-refractivity contribution in [2.75, 3.05) is 0 Å². The highest BCUT2D eigenvalue weighted by Gasteiger charge is 2.75. The van der Waals surface area contributed by atoms with Gasteiger partial charge >= 0.3 is 12.0 Å². The number of carbonyl (C=O) groups excluding carboxylic acids is 1. The summed E-state index contributed by atoms with van der Waals surface area (Å²) in [7, 11) is 0. The molecule has 0 aromatic heterocycles. The maximum Gasteiger partial charge on any atom is 0.322 e. The number of aryl methyl sites for hydroxylation is 1.